The van der Waals surface area contributed by atoms with Crippen molar-refractivity contribution in [3.05, 3.63) is 117 Å². The average molecular weight is 422 g/mol. The van der Waals surface area contributed by atoms with Crippen LogP contribution in [0, 0.1) is 18.3 Å². The molecule has 0 spiro atoms. The van der Waals surface area contributed by atoms with Gasteiger partial charge >= 0.3 is 0 Å². The topological polar surface area (TPSA) is 74.9 Å². The quantitative estimate of drug-likeness (QED) is 0.503. The van der Waals surface area contributed by atoms with Crippen LogP contribution in [0.2, 0.25) is 0 Å². The van der Waals surface area contributed by atoms with Crippen molar-refractivity contribution in [3.63, 3.8) is 0 Å². The molecule has 3 aromatic carbocycles. The minimum Gasteiger partial charge on any atom is -0.348 e. The summed E-state index contributed by atoms with van der Waals surface area (Å²) in [6.07, 6.45) is 0.577. The number of hydrogen-bond acceptors (Lipinski definition) is 3. The number of benzene rings is 3. The molecule has 0 saturated carbocycles. The van der Waals surface area contributed by atoms with Crippen LogP contribution in [0.5, 0.6) is 0 Å². The summed E-state index contributed by atoms with van der Waals surface area (Å²) in [6.45, 7) is 2.77. The monoisotopic (exact) mass is 421 g/mol. The molecule has 5 nitrogen and oxygen atoms in total. The highest BCUT2D eigenvalue weighted by Gasteiger charge is 2.15. The second-order valence-electron chi connectivity index (χ2n) is 7.80. The second kappa shape index (κ2) is 9.32. The summed E-state index contributed by atoms with van der Waals surface area (Å²) < 4.78 is 1.65. The number of pyridine rings is 1. The minimum absolute atomic E-state index is 0.126. The highest BCUT2D eigenvalue weighted by Crippen LogP contribution is 2.15. The minimum atomic E-state index is -0.387. The normalized spacial score (nSPS) is 10.6. The molecule has 0 saturated heterocycles. The van der Waals surface area contributed by atoms with E-state index in [2.05, 4.69) is 11.4 Å². The number of carbonyl (C=O) groups is 1. The van der Waals surface area contributed by atoms with Gasteiger partial charge in [-0.3, -0.25) is 9.59 Å². The molecule has 1 heterocycles. The Balaban J connectivity index is 1.62. The maximum Gasteiger partial charge on any atom is 0.263 e. The molecule has 0 aliphatic rings. The lowest BCUT2D eigenvalue weighted by molar-refractivity contribution is 0.0949. The van der Waals surface area contributed by atoms with Crippen molar-refractivity contribution in [2.75, 3.05) is 0 Å². The van der Waals surface area contributed by atoms with E-state index in [1.807, 2.05) is 73.7 Å². The third-order valence-corrected chi connectivity index (χ3v) is 5.50. The molecule has 0 aliphatic carbocycles. The molecule has 0 atom stereocenters. The van der Waals surface area contributed by atoms with E-state index in [9.17, 15) is 9.59 Å². The van der Waals surface area contributed by atoms with Gasteiger partial charge in [0.15, 0.2) is 0 Å². The van der Waals surface area contributed by atoms with Crippen molar-refractivity contribution in [2.45, 2.75) is 26.4 Å². The molecule has 0 fully saturated rings. The van der Waals surface area contributed by atoms with Gasteiger partial charge in [0.05, 0.1) is 17.1 Å². The molecular weight excluding hydrogens is 398 g/mol. The summed E-state index contributed by atoms with van der Waals surface area (Å²) >= 11 is 0. The summed E-state index contributed by atoms with van der Waals surface area (Å²) in [5, 5.41) is 12.8. The van der Waals surface area contributed by atoms with Gasteiger partial charge in [-0.05, 0) is 54.1 Å². The highest BCUT2D eigenvalue weighted by atomic mass is 16.2. The zero-order chi connectivity index (χ0) is 22.5. The lowest BCUT2D eigenvalue weighted by Gasteiger charge is -2.13. The van der Waals surface area contributed by atoms with Crippen molar-refractivity contribution in [2.24, 2.45) is 0 Å². The van der Waals surface area contributed by atoms with Crippen LogP contribution in [0.4, 0.5) is 0 Å². The molecule has 0 radical (unpaired) electrons. The number of nitrogens with zero attached hydrogens (tertiary/aromatic N) is 2. The SMILES string of the molecule is Cc1ccc(CNC(=O)c2cc3ccccc3n(CCc3cccc(C#N)c3)c2=O)cc1. The number of aromatic nitrogens is 1. The number of hydrogen-bond donors (Lipinski definition) is 1. The highest BCUT2D eigenvalue weighted by molar-refractivity contribution is 5.97. The fraction of sp³-hybridized carbons (Fsp3) is 0.148. The Hall–Kier alpha value is -4.17. The number of carbonyl (C=O) groups excluding carboxylic acids is 1. The molecule has 158 valence electrons. The Labute approximate surface area is 186 Å². The van der Waals surface area contributed by atoms with Gasteiger partial charge in [0, 0.05) is 13.1 Å². The van der Waals surface area contributed by atoms with Crippen molar-refractivity contribution in [1.29, 1.82) is 5.26 Å². The number of nitrogens with one attached hydrogen (secondary N) is 1. The Kier molecular flexibility index (Phi) is 6.14. The first-order valence-corrected chi connectivity index (χ1v) is 10.5. The summed E-state index contributed by atoms with van der Waals surface area (Å²) in [6, 6.07) is 26.6. The summed E-state index contributed by atoms with van der Waals surface area (Å²) in [5.41, 5.74) is 4.27. The van der Waals surface area contributed by atoms with Crippen LogP contribution in [-0.4, -0.2) is 10.5 Å². The molecule has 32 heavy (non-hydrogen) atoms. The van der Waals surface area contributed by atoms with Gasteiger partial charge in [0.1, 0.15) is 5.56 Å². The first kappa shape index (κ1) is 21.1. The second-order valence-corrected chi connectivity index (χ2v) is 7.80. The van der Waals surface area contributed by atoms with Gasteiger partial charge in [-0.2, -0.15) is 5.26 Å². The van der Waals surface area contributed by atoms with Crippen LogP contribution in [0.3, 0.4) is 0 Å². The number of amides is 1. The third kappa shape index (κ3) is 4.60. The van der Waals surface area contributed by atoms with Gasteiger partial charge in [-0.1, -0.05) is 60.2 Å². The van der Waals surface area contributed by atoms with Crippen molar-refractivity contribution in [1.82, 2.24) is 9.88 Å². The van der Waals surface area contributed by atoms with Crippen LogP contribution >= 0.6 is 0 Å². The number of aryl methyl sites for hydroxylation is 3. The van der Waals surface area contributed by atoms with Crippen LogP contribution in [0.25, 0.3) is 10.9 Å². The van der Waals surface area contributed by atoms with Crippen molar-refractivity contribution < 1.29 is 4.79 Å². The zero-order valence-corrected chi connectivity index (χ0v) is 17.8. The van der Waals surface area contributed by atoms with E-state index in [-0.39, 0.29) is 17.0 Å². The number of rotatable bonds is 6. The van der Waals surface area contributed by atoms with Gasteiger partial charge in [0.25, 0.3) is 11.5 Å². The first-order chi connectivity index (χ1) is 15.5. The Bertz CT molecular complexity index is 1380. The van der Waals surface area contributed by atoms with E-state index >= 15 is 0 Å². The number of nitriles is 1. The van der Waals surface area contributed by atoms with E-state index in [0.717, 1.165) is 27.6 Å². The summed E-state index contributed by atoms with van der Waals surface area (Å²) in [5.74, 6) is -0.387. The smallest absolute Gasteiger partial charge is 0.263 e. The average Bonchev–Trinajstić information content (AvgIpc) is 2.82. The Morgan fingerprint density at radius 2 is 1.75 bits per heavy atom. The fourth-order valence-electron chi connectivity index (χ4n) is 3.73. The number of para-hydroxylation sites is 1. The van der Waals surface area contributed by atoms with Crippen LogP contribution in [0.15, 0.2) is 83.7 Å². The Morgan fingerprint density at radius 1 is 0.969 bits per heavy atom. The van der Waals surface area contributed by atoms with Gasteiger partial charge < -0.3 is 9.88 Å². The molecule has 0 bridgehead atoms. The lowest BCUT2D eigenvalue weighted by atomic mass is 10.1. The molecule has 5 heteroatoms. The van der Waals surface area contributed by atoms with E-state index in [1.54, 1.807) is 16.7 Å². The third-order valence-electron chi connectivity index (χ3n) is 5.50. The summed E-state index contributed by atoms with van der Waals surface area (Å²) in [7, 11) is 0. The van der Waals surface area contributed by atoms with E-state index in [4.69, 9.17) is 5.26 Å². The van der Waals surface area contributed by atoms with Gasteiger partial charge in [-0.25, -0.2) is 0 Å². The molecule has 1 amide bonds. The maximum absolute atomic E-state index is 13.3. The molecule has 1 N–H and O–H groups in total. The fourth-order valence-corrected chi connectivity index (χ4v) is 3.73. The zero-order valence-electron chi connectivity index (χ0n) is 17.8. The number of fused-ring (bicyclic) bond motifs is 1. The molecule has 4 aromatic rings. The maximum atomic E-state index is 13.3. The van der Waals surface area contributed by atoms with Gasteiger partial charge in [-0.15, -0.1) is 0 Å². The van der Waals surface area contributed by atoms with Gasteiger partial charge in [0.2, 0.25) is 0 Å². The van der Waals surface area contributed by atoms with Crippen molar-refractivity contribution >= 4 is 16.8 Å². The first-order valence-electron chi connectivity index (χ1n) is 10.5. The summed E-state index contributed by atoms with van der Waals surface area (Å²) in [4.78, 5) is 26.2. The standard InChI is InChI=1S/C27H23N3O2/c1-19-9-11-21(12-10-19)18-29-26(31)24-16-23-7-2-3-8-25(23)30(27(24)32)14-13-20-5-4-6-22(15-20)17-28/h2-12,15-16H,13-14,18H2,1H3,(H,29,31). The van der Waals surface area contributed by atoms with E-state index in [1.165, 1.54) is 0 Å². The predicted octanol–water partition coefficient (Wildman–Crippen LogP) is 4.35. The predicted molar refractivity (Wildman–Crippen MR) is 125 cm³/mol. The molecule has 0 unspecified atom stereocenters. The van der Waals surface area contributed by atoms with Crippen LogP contribution < -0.4 is 10.9 Å². The van der Waals surface area contributed by atoms with E-state index in [0.29, 0.717) is 25.1 Å². The molecule has 4 rings (SSSR count). The molecule has 0 aliphatic heterocycles. The van der Waals surface area contributed by atoms with Crippen LogP contribution in [0.1, 0.15) is 32.6 Å². The Morgan fingerprint density at radius 3 is 2.53 bits per heavy atom. The van der Waals surface area contributed by atoms with Crippen molar-refractivity contribution in [3.8, 4) is 6.07 Å². The lowest BCUT2D eigenvalue weighted by Crippen LogP contribution is -2.33. The largest absolute Gasteiger partial charge is 0.348 e. The van der Waals surface area contributed by atoms with E-state index < -0.39 is 0 Å². The van der Waals surface area contributed by atoms with Crippen LogP contribution in [-0.2, 0) is 19.5 Å². The molecular formula is C27H23N3O2. The molecule has 1 aromatic heterocycles.